The van der Waals surface area contributed by atoms with E-state index in [0.717, 1.165) is 52.1 Å². The van der Waals surface area contributed by atoms with Crippen LogP contribution in [0.4, 0.5) is 11.8 Å². The minimum absolute atomic E-state index is 0.379. The van der Waals surface area contributed by atoms with Crippen LogP contribution in [0, 0.1) is 13.8 Å². The van der Waals surface area contributed by atoms with Crippen LogP contribution in [0.25, 0.3) is 11.0 Å². The van der Waals surface area contributed by atoms with E-state index in [0.29, 0.717) is 12.0 Å². The molecule has 0 bridgehead atoms. The molecule has 6 nitrogen and oxygen atoms in total. The van der Waals surface area contributed by atoms with Crippen LogP contribution in [0.5, 0.6) is 0 Å². The quantitative estimate of drug-likeness (QED) is 0.788. The number of pyridine rings is 1. The van der Waals surface area contributed by atoms with Gasteiger partial charge in [0.15, 0.2) is 5.65 Å². The summed E-state index contributed by atoms with van der Waals surface area (Å²) in [5, 5.41) is 10.8. The molecule has 1 unspecified atom stereocenters. The highest BCUT2D eigenvalue weighted by Gasteiger charge is 2.18. The molecular formula is C14H19BrN6. The third kappa shape index (κ3) is 2.67. The second-order valence-corrected chi connectivity index (χ2v) is 6.11. The van der Waals surface area contributed by atoms with Crippen molar-refractivity contribution in [3.63, 3.8) is 0 Å². The van der Waals surface area contributed by atoms with E-state index in [9.17, 15) is 0 Å². The van der Waals surface area contributed by atoms with Crippen molar-refractivity contribution in [1.29, 1.82) is 0 Å². The summed E-state index contributed by atoms with van der Waals surface area (Å²) in [5.74, 6) is 1.44. The van der Waals surface area contributed by atoms with Gasteiger partial charge in [0, 0.05) is 24.1 Å². The summed E-state index contributed by atoms with van der Waals surface area (Å²) in [6, 6.07) is 0.379. The highest BCUT2D eigenvalue weighted by Crippen LogP contribution is 2.31. The standard InChI is InChI=1S/C14H19BrN6/c1-7-10-12(16-3)20-14(19-9-4-5-17-6-9)21-13(10)18-8(2)11(7)15/h9,17H,4-6H2,1-3H3,(H2,16,18,19,20,21). The van der Waals surface area contributed by atoms with Crippen molar-refractivity contribution in [2.45, 2.75) is 26.3 Å². The minimum Gasteiger partial charge on any atom is -0.372 e. The Hall–Kier alpha value is -1.47. The molecular weight excluding hydrogens is 332 g/mol. The molecule has 112 valence electrons. The number of nitrogens with zero attached hydrogens (tertiary/aromatic N) is 3. The lowest BCUT2D eigenvalue weighted by Crippen LogP contribution is -2.23. The molecule has 2 aromatic rings. The zero-order chi connectivity index (χ0) is 15.0. The van der Waals surface area contributed by atoms with Gasteiger partial charge in [0.2, 0.25) is 5.95 Å². The molecule has 0 saturated carbocycles. The summed E-state index contributed by atoms with van der Waals surface area (Å²) >= 11 is 3.58. The molecule has 0 spiro atoms. The van der Waals surface area contributed by atoms with Crippen molar-refractivity contribution in [1.82, 2.24) is 20.3 Å². The molecule has 1 fully saturated rings. The fraction of sp³-hybridized carbons (Fsp3) is 0.500. The molecule has 3 heterocycles. The van der Waals surface area contributed by atoms with E-state index >= 15 is 0 Å². The Morgan fingerprint density at radius 1 is 1.24 bits per heavy atom. The Morgan fingerprint density at radius 2 is 2.05 bits per heavy atom. The maximum atomic E-state index is 4.59. The van der Waals surface area contributed by atoms with Gasteiger partial charge >= 0.3 is 0 Å². The number of nitrogens with one attached hydrogen (secondary N) is 3. The Labute approximate surface area is 132 Å². The molecule has 1 saturated heterocycles. The first kappa shape index (κ1) is 14.5. The molecule has 1 aliphatic rings. The lowest BCUT2D eigenvalue weighted by Gasteiger charge is -2.15. The van der Waals surface area contributed by atoms with Gasteiger partial charge in [-0.2, -0.15) is 9.97 Å². The molecule has 3 N–H and O–H groups in total. The van der Waals surface area contributed by atoms with E-state index in [4.69, 9.17) is 0 Å². The minimum atomic E-state index is 0.379. The van der Waals surface area contributed by atoms with Gasteiger partial charge in [-0.1, -0.05) is 0 Å². The van der Waals surface area contributed by atoms with Crippen molar-refractivity contribution < 1.29 is 0 Å². The summed E-state index contributed by atoms with van der Waals surface area (Å²) < 4.78 is 1.01. The predicted octanol–water partition coefficient (Wildman–Crippen LogP) is 2.22. The van der Waals surface area contributed by atoms with E-state index < -0.39 is 0 Å². The third-order valence-corrected chi connectivity index (χ3v) is 4.98. The molecule has 2 aromatic heterocycles. The number of fused-ring (bicyclic) bond motifs is 1. The van der Waals surface area contributed by atoms with Crippen LogP contribution in [0.3, 0.4) is 0 Å². The third-order valence-electron chi connectivity index (χ3n) is 3.82. The summed E-state index contributed by atoms with van der Waals surface area (Å²) in [7, 11) is 1.87. The van der Waals surface area contributed by atoms with E-state index in [-0.39, 0.29) is 0 Å². The van der Waals surface area contributed by atoms with Gasteiger partial charge in [0.1, 0.15) is 5.82 Å². The summed E-state index contributed by atoms with van der Waals surface area (Å²) in [6.45, 7) is 6.01. The van der Waals surface area contributed by atoms with Crippen molar-refractivity contribution in [2.75, 3.05) is 30.8 Å². The zero-order valence-corrected chi connectivity index (χ0v) is 14.0. The van der Waals surface area contributed by atoms with Gasteiger partial charge in [-0.15, -0.1) is 0 Å². The number of halogens is 1. The normalized spacial score (nSPS) is 18.2. The van der Waals surface area contributed by atoms with Crippen LogP contribution in [0.1, 0.15) is 17.7 Å². The molecule has 0 aliphatic carbocycles. The molecule has 0 amide bonds. The first-order valence-corrected chi connectivity index (χ1v) is 7.89. The van der Waals surface area contributed by atoms with Crippen LogP contribution < -0.4 is 16.0 Å². The SMILES string of the molecule is CNc1nc(NC2CCNC2)nc2nc(C)c(Br)c(C)c12. The fourth-order valence-electron chi connectivity index (χ4n) is 2.67. The molecule has 1 atom stereocenters. The molecule has 0 radical (unpaired) electrons. The molecule has 1 aliphatic heterocycles. The van der Waals surface area contributed by atoms with Gasteiger partial charge in [-0.25, -0.2) is 4.98 Å². The van der Waals surface area contributed by atoms with Gasteiger partial charge in [0.05, 0.1) is 11.1 Å². The second kappa shape index (κ2) is 5.73. The van der Waals surface area contributed by atoms with Crippen LogP contribution in [-0.2, 0) is 0 Å². The Kier molecular flexibility index (Phi) is 3.95. The Bertz CT molecular complexity index is 681. The number of rotatable bonds is 3. The first-order valence-electron chi connectivity index (χ1n) is 7.09. The molecule has 21 heavy (non-hydrogen) atoms. The maximum Gasteiger partial charge on any atom is 0.226 e. The molecule has 0 aromatic carbocycles. The van der Waals surface area contributed by atoms with E-state index in [1.165, 1.54) is 0 Å². The highest BCUT2D eigenvalue weighted by atomic mass is 79.9. The van der Waals surface area contributed by atoms with Gasteiger partial charge in [-0.05, 0) is 48.3 Å². The van der Waals surface area contributed by atoms with Crippen LogP contribution in [0.15, 0.2) is 4.47 Å². The van der Waals surface area contributed by atoms with E-state index in [1.807, 2.05) is 14.0 Å². The number of hydrogen-bond donors (Lipinski definition) is 3. The Balaban J connectivity index is 2.10. The first-order chi connectivity index (χ1) is 10.1. The number of aryl methyl sites for hydroxylation is 2. The highest BCUT2D eigenvalue weighted by molar-refractivity contribution is 9.10. The van der Waals surface area contributed by atoms with Gasteiger partial charge < -0.3 is 16.0 Å². The average molecular weight is 351 g/mol. The fourth-order valence-corrected chi connectivity index (χ4v) is 2.96. The van der Waals surface area contributed by atoms with Crippen LogP contribution in [0.2, 0.25) is 0 Å². The van der Waals surface area contributed by atoms with Crippen molar-refractivity contribution in [2.24, 2.45) is 0 Å². The van der Waals surface area contributed by atoms with Gasteiger partial charge in [-0.3, -0.25) is 0 Å². The topological polar surface area (TPSA) is 74.8 Å². The van der Waals surface area contributed by atoms with E-state index in [1.54, 1.807) is 0 Å². The van der Waals surface area contributed by atoms with Gasteiger partial charge in [0.25, 0.3) is 0 Å². The smallest absolute Gasteiger partial charge is 0.226 e. The number of anilines is 2. The lowest BCUT2D eigenvalue weighted by atomic mass is 10.1. The number of hydrogen-bond acceptors (Lipinski definition) is 6. The molecule has 3 rings (SSSR count). The zero-order valence-electron chi connectivity index (χ0n) is 12.4. The Morgan fingerprint density at radius 3 is 2.71 bits per heavy atom. The summed E-state index contributed by atoms with van der Waals surface area (Å²) in [5.41, 5.74) is 2.77. The monoisotopic (exact) mass is 350 g/mol. The van der Waals surface area contributed by atoms with E-state index in [2.05, 4.69) is 53.8 Å². The van der Waals surface area contributed by atoms with Crippen LogP contribution >= 0.6 is 15.9 Å². The maximum absolute atomic E-state index is 4.59. The van der Waals surface area contributed by atoms with Crippen molar-refractivity contribution in [3.8, 4) is 0 Å². The number of aromatic nitrogens is 3. The predicted molar refractivity (Wildman–Crippen MR) is 89.0 cm³/mol. The van der Waals surface area contributed by atoms with Crippen molar-refractivity contribution >= 4 is 38.7 Å². The molecule has 7 heteroatoms. The van der Waals surface area contributed by atoms with Crippen LogP contribution in [-0.4, -0.2) is 41.1 Å². The largest absolute Gasteiger partial charge is 0.372 e. The van der Waals surface area contributed by atoms with Crippen molar-refractivity contribution in [3.05, 3.63) is 15.7 Å². The summed E-state index contributed by atoms with van der Waals surface area (Å²) in [6.07, 6.45) is 1.09. The lowest BCUT2D eigenvalue weighted by molar-refractivity contribution is 0.782. The summed E-state index contributed by atoms with van der Waals surface area (Å²) in [4.78, 5) is 13.8. The second-order valence-electron chi connectivity index (χ2n) is 5.31. The average Bonchev–Trinajstić information content (AvgIpc) is 2.96.